The lowest BCUT2D eigenvalue weighted by Gasteiger charge is -2.43. The van der Waals surface area contributed by atoms with Crippen molar-refractivity contribution in [3.63, 3.8) is 0 Å². The number of unbranched alkanes of at least 4 members (excludes halogenated alkanes) is 6. The molecule has 34 heavy (non-hydrogen) atoms. The van der Waals surface area contributed by atoms with Crippen LogP contribution >= 0.6 is 0 Å². The summed E-state index contributed by atoms with van der Waals surface area (Å²) in [4.78, 5) is 0. The van der Waals surface area contributed by atoms with Gasteiger partial charge in [0.2, 0.25) is 0 Å². The molecule has 0 heterocycles. The van der Waals surface area contributed by atoms with Crippen LogP contribution in [-0.4, -0.2) is 10.2 Å². The van der Waals surface area contributed by atoms with Crippen LogP contribution in [0, 0.1) is 0 Å². The molecule has 1 rings (SSSR count). The van der Waals surface area contributed by atoms with Gasteiger partial charge >= 0.3 is 0 Å². The van der Waals surface area contributed by atoms with Crippen molar-refractivity contribution in [3.05, 3.63) is 23.3 Å². The van der Waals surface area contributed by atoms with E-state index in [1.165, 1.54) is 102 Å². The summed E-state index contributed by atoms with van der Waals surface area (Å²) < 4.78 is 0. The highest BCUT2D eigenvalue weighted by molar-refractivity contribution is 5.55. The summed E-state index contributed by atoms with van der Waals surface area (Å²) in [7, 11) is 0. The number of benzene rings is 1. The van der Waals surface area contributed by atoms with Crippen molar-refractivity contribution < 1.29 is 10.2 Å². The summed E-state index contributed by atoms with van der Waals surface area (Å²) in [5.41, 5.74) is 2.56. The first-order valence-corrected chi connectivity index (χ1v) is 15.0. The van der Waals surface area contributed by atoms with Gasteiger partial charge in [-0.2, -0.15) is 0 Å². The molecule has 0 unspecified atom stereocenters. The quantitative estimate of drug-likeness (QED) is 0.184. The molecular weight excluding hydrogens is 416 g/mol. The first-order chi connectivity index (χ1) is 16.4. The zero-order valence-corrected chi connectivity index (χ0v) is 23.8. The van der Waals surface area contributed by atoms with Gasteiger partial charge in [-0.25, -0.2) is 0 Å². The second kappa shape index (κ2) is 16.5. The number of hydrogen-bond acceptors (Lipinski definition) is 2. The Labute approximate surface area is 213 Å². The van der Waals surface area contributed by atoms with Crippen LogP contribution in [0.1, 0.15) is 168 Å². The van der Waals surface area contributed by atoms with Crippen molar-refractivity contribution in [1.82, 2.24) is 0 Å². The Morgan fingerprint density at radius 2 is 0.824 bits per heavy atom. The largest absolute Gasteiger partial charge is 0.504 e. The van der Waals surface area contributed by atoms with E-state index in [0.717, 1.165) is 24.8 Å². The molecule has 0 saturated heterocycles. The molecular formula is C32H58O2. The molecule has 2 heteroatoms. The molecule has 0 amide bonds. The van der Waals surface area contributed by atoms with Crippen molar-refractivity contribution in [2.75, 3.05) is 0 Å². The van der Waals surface area contributed by atoms with Gasteiger partial charge < -0.3 is 10.2 Å². The minimum Gasteiger partial charge on any atom is -0.504 e. The molecule has 0 aromatic heterocycles. The van der Waals surface area contributed by atoms with E-state index in [2.05, 4.69) is 47.6 Å². The van der Waals surface area contributed by atoms with E-state index in [-0.39, 0.29) is 22.3 Å². The lowest BCUT2D eigenvalue weighted by Crippen LogP contribution is -2.35. The Morgan fingerprint density at radius 1 is 0.500 bits per heavy atom. The second-order valence-electron chi connectivity index (χ2n) is 11.0. The predicted octanol–water partition coefficient (Wildman–Crippen LogP) is 10.7. The summed E-state index contributed by atoms with van der Waals surface area (Å²) in [6.07, 6.45) is 21.2. The molecule has 0 spiro atoms. The fourth-order valence-corrected chi connectivity index (χ4v) is 6.18. The molecule has 2 nitrogen and oxygen atoms in total. The summed E-state index contributed by atoms with van der Waals surface area (Å²) >= 11 is 0. The van der Waals surface area contributed by atoms with E-state index in [1.54, 1.807) is 6.07 Å². The normalized spacial score (nSPS) is 12.4. The van der Waals surface area contributed by atoms with Crippen LogP contribution in [0.25, 0.3) is 0 Å². The Morgan fingerprint density at radius 3 is 1.15 bits per heavy atom. The van der Waals surface area contributed by atoms with Crippen LogP contribution in [-0.2, 0) is 10.8 Å². The SMILES string of the molecule is CCCCC(CCCC)(CCCC)c1ccc(O)c(O)c1C(CCCC)(CCCC)CCCC. The van der Waals surface area contributed by atoms with E-state index in [9.17, 15) is 10.2 Å². The fraction of sp³-hybridized carbons (Fsp3) is 0.812. The number of phenols is 2. The van der Waals surface area contributed by atoms with E-state index in [1.807, 2.05) is 0 Å². The van der Waals surface area contributed by atoms with Crippen LogP contribution in [0.5, 0.6) is 11.5 Å². The third-order valence-corrected chi connectivity index (χ3v) is 8.31. The van der Waals surface area contributed by atoms with Crippen LogP contribution in [0.2, 0.25) is 0 Å². The lowest BCUT2D eigenvalue weighted by atomic mass is 9.61. The van der Waals surface area contributed by atoms with Gasteiger partial charge in [-0.15, -0.1) is 0 Å². The predicted molar refractivity (Wildman–Crippen MR) is 150 cm³/mol. The van der Waals surface area contributed by atoms with Gasteiger partial charge in [0.1, 0.15) is 0 Å². The zero-order chi connectivity index (χ0) is 25.5. The maximum absolute atomic E-state index is 11.6. The van der Waals surface area contributed by atoms with Crippen molar-refractivity contribution in [3.8, 4) is 11.5 Å². The van der Waals surface area contributed by atoms with Crippen LogP contribution < -0.4 is 0 Å². The monoisotopic (exact) mass is 474 g/mol. The number of aromatic hydroxyl groups is 2. The van der Waals surface area contributed by atoms with Gasteiger partial charge in [0.25, 0.3) is 0 Å². The molecule has 0 radical (unpaired) electrons. The van der Waals surface area contributed by atoms with Crippen LogP contribution in [0.3, 0.4) is 0 Å². The highest BCUT2D eigenvalue weighted by Gasteiger charge is 2.42. The van der Waals surface area contributed by atoms with Gasteiger partial charge in [-0.05, 0) is 61.0 Å². The zero-order valence-electron chi connectivity index (χ0n) is 23.8. The summed E-state index contributed by atoms with van der Waals surface area (Å²) in [6, 6.07) is 4.01. The van der Waals surface area contributed by atoms with E-state index in [4.69, 9.17) is 0 Å². The molecule has 0 bridgehead atoms. The molecule has 0 aliphatic heterocycles. The minimum absolute atomic E-state index is 0.0456. The van der Waals surface area contributed by atoms with Crippen LogP contribution in [0.15, 0.2) is 12.1 Å². The smallest absolute Gasteiger partial charge is 0.161 e. The van der Waals surface area contributed by atoms with Crippen molar-refractivity contribution in [1.29, 1.82) is 0 Å². The van der Waals surface area contributed by atoms with Crippen molar-refractivity contribution in [2.45, 2.75) is 168 Å². The molecule has 198 valence electrons. The molecule has 2 N–H and O–H groups in total. The van der Waals surface area contributed by atoms with E-state index < -0.39 is 0 Å². The highest BCUT2D eigenvalue weighted by atomic mass is 16.3. The first-order valence-electron chi connectivity index (χ1n) is 15.0. The van der Waals surface area contributed by atoms with Gasteiger partial charge in [0.05, 0.1) is 0 Å². The lowest BCUT2D eigenvalue weighted by molar-refractivity contribution is 0.264. The molecule has 0 aliphatic carbocycles. The van der Waals surface area contributed by atoms with Crippen molar-refractivity contribution in [2.24, 2.45) is 0 Å². The molecule has 0 fully saturated rings. The summed E-state index contributed by atoms with van der Waals surface area (Å²) in [5.74, 6) is 0.262. The topological polar surface area (TPSA) is 40.5 Å². The minimum atomic E-state index is -0.0456. The summed E-state index contributed by atoms with van der Waals surface area (Å²) in [5, 5.41) is 22.4. The number of phenolic OH excluding ortho intramolecular Hbond substituents is 2. The average molecular weight is 475 g/mol. The van der Waals surface area contributed by atoms with Gasteiger partial charge in [0, 0.05) is 5.56 Å². The van der Waals surface area contributed by atoms with E-state index in [0.29, 0.717) is 0 Å². The molecule has 0 saturated carbocycles. The van der Waals surface area contributed by atoms with Gasteiger partial charge in [-0.3, -0.25) is 0 Å². The Hall–Kier alpha value is -1.18. The van der Waals surface area contributed by atoms with Crippen molar-refractivity contribution >= 4 is 0 Å². The third kappa shape index (κ3) is 8.20. The number of rotatable bonds is 20. The number of hydrogen-bond donors (Lipinski definition) is 2. The Bertz CT molecular complexity index is 620. The second-order valence-corrected chi connectivity index (χ2v) is 11.0. The van der Waals surface area contributed by atoms with Crippen LogP contribution in [0.4, 0.5) is 0 Å². The average Bonchev–Trinajstić information content (AvgIpc) is 2.85. The summed E-state index contributed by atoms with van der Waals surface area (Å²) in [6.45, 7) is 13.7. The molecule has 0 aliphatic rings. The highest BCUT2D eigenvalue weighted by Crippen LogP contribution is 2.53. The third-order valence-electron chi connectivity index (χ3n) is 8.31. The maximum Gasteiger partial charge on any atom is 0.161 e. The standard InChI is InChI=1S/C32H58O2/c1-7-13-21-31(22-14-8-2,23-15-9-3)27-19-20-28(33)30(34)29(27)32(24-16-10-4,25-17-11-5)26-18-12-6/h19-20,33-34H,7-18,21-26H2,1-6H3. The Balaban J connectivity index is 3.91. The molecule has 1 aromatic rings. The molecule has 0 atom stereocenters. The maximum atomic E-state index is 11.6. The fourth-order valence-electron chi connectivity index (χ4n) is 6.18. The van der Waals surface area contributed by atoms with Gasteiger partial charge in [0.15, 0.2) is 11.5 Å². The molecule has 1 aromatic carbocycles. The Kier molecular flexibility index (Phi) is 15.0. The first kappa shape index (κ1) is 30.9. The van der Waals surface area contributed by atoms with Gasteiger partial charge in [-0.1, -0.05) is 125 Å². The van der Waals surface area contributed by atoms with E-state index >= 15 is 0 Å².